The van der Waals surface area contributed by atoms with Crippen LogP contribution in [0.5, 0.6) is 5.75 Å². The van der Waals surface area contributed by atoms with Gasteiger partial charge >= 0.3 is 5.97 Å². The second kappa shape index (κ2) is 6.83. The molecule has 1 atom stereocenters. The number of hydrogen-bond donors (Lipinski definition) is 1. The molecule has 21 heavy (non-hydrogen) atoms. The fourth-order valence-corrected chi connectivity index (χ4v) is 3.00. The molecule has 1 saturated heterocycles. The van der Waals surface area contributed by atoms with Crippen LogP contribution < -0.4 is 4.74 Å². The third-order valence-corrected chi connectivity index (χ3v) is 5.05. The number of ether oxygens (including phenoxy) is 1. The zero-order valence-corrected chi connectivity index (χ0v) is 14.3. The number of halogens is 2. The molecule has 0 radical (unpaired) electrons. The first-order chi connectivity index (χ1) is 9.93. The molecule has 1 aliphatic rings. The van der Waals surface area contributed by atoms with Crippen LogP contribution in [0.4, 0.5) is 0 Å². The Morgan fingerprint density at radius 2 is 2.19 bits per heavy atom. The van der Waals surface area contributed by atoms with E-state index in [-0.39, 0.29) is 12.5 Å². The van der Waals surface area contributed by atoms with Gasteiger partial charge in [-0.3, -0.25) is 9.59 Å². The molecular weight excluding hydrogens is 409 g/mol. The molecule has 1 unspecified atom stereocenters. The zero-order chi connectivity index (χ0) is 15.6. The average molecular weight is 424 g/mol. The number of carboxylic acids is 1. The largest absolute Gasteiger partial charge is 0.496 e. The van der Waals surface area contributed by atoms with Crippen LogP contribution in [-0.4, -0.2) is 42.1 Å². The second-order valence-corrected chi connectivity index (χ2v) is 6.46. The molecule has 0 bridgehead atoms. The SMILES string of the molecule is COc1cc(I)c(Cl)cc1C(=O)N1CCCC(C(=O)O)C1. The molecule has 1 amide bonds. The number of piperidine rings is 1. The Balaban J connectivity index is 2.27. The quantitative estimate of drug-likeness (QED) is 0.759. The van der Waals surface area contributed by atoms with Crippen LogP contribution in [0.1, 0.15) is 23.2 Å². The fourth-order valence-electron chi connectivity index (χ4n) is 2.40. The number of aliphatic carboxylic acids is 1. The summed E-state index contributed by atoms with van der Waals surface area (Å²) in [6.07, 6.45) is 1.28. The Labute approximate surface area is 141 Å². The maximum Gasteiger partial charge on any atom is 0.308 e. The highest BCUT2D eigenvalue weighted by Crippen LogP contribution is 2.30. The van der Waals surface area contributed by atoms with Crippen molar-refractivity contribution in [2.75, 3.05) is 20.2 Å². The van der Waals surface area contributed by atoms with Crippen molar-refractivity contribution in [1.82, 2.24) is 4.90 Å². The number of benzene rings is 1. The van der Waals surface area contributed by atoms with Gasteiger partial charge in [0.15, 0.2) is 0 Å². The van der Waals surface area contributed by atoms with Gasteiger partial charge in [0.1, 0.15) is 5.75 Å². The predicted molar refractivity (Wildman–Crippen MR) is 87.0 cm³/mol. The molecule has 0 aliphatic carbocycles. The predicted octanol–water partition coefficient (Wildman–Crippen LogP) is 2.89. The maximum absolute atomic E-state index is 12.6. The number of hydrogen-bond acceptors (Lipinski definition) is 3. The van der Waals surface area contributed by atoms with Gasteiger partial charge in [0.2, 0.25) is 0 Å². The highest BCUT2D eigenvalue weighted by atomic mass is 127. The van der Waals surface area contributed by atoms with Gasteiger partial charge in [-0.1, -0.05) is 11.6 Å². The number of carbonyl (C=O) groups excluding carboxylic acids is 1. The van der Waals surface area contributed by atoms with Crippen LogP contribution in [0.15, 0.2) is 12.1 Å². The minimum absolute atomic E-state index is 0.223. The summed E-state index contributed by atoms with van der Waals surface area (Å²) < 4.78 is 6.04. The molecule has 0 saturated carbocycles. The zero-order valence-electron chi connectivity index (χ0n) is 11.4. The topological polar surface area (TPSA) is 66.8 Å². The summed E-state index contributed by atoms with van der Waals surface area (Å²) in [5.74, 6) is -1.16. The van der Waals surface area contributed by atoms with Crippen molar-refractivity contribution in [2.45, 2.75) is 12.8 Å². The molecule has 7 heteroatoms. The molecule has 2 rings (SSSR count). The minimum atomic E-state index is -0.861. The third kappa shape index (κ3) is 3.60. The molecule has 1 aromatic carbocycles. The molecule has 114 valence electrons. The van der Waals surface area contributed by atoms with Gasteiger partial charge in [0.25, 0.3) is 5.91 Å². The van der Waals surface area contributed by atoms with Crippen molar-refractivity contribution in [3.63, 3.8) is 0 Å². The maximum atomic E-state index is 12.6. The summed E-state index contributed by atoms with van der Waals surface area (Å²) >= 11 is 8.14. The fraction of sp³-hybridized carbons (Fsp3) is 0.429. The number of methoxy groups -OCH3 is 1. The van der Waals surface area contributed by atoms with Gasteiger partial charge in [-0.2, -0.15) is 0 Å². The number of nitrogens with zero attached hydrogens (tertiary/aromatic N) is 1. The Morgan fingerprint density at radius 3 is 2.81 bits per heavy atom. The number of carbonyl (C=O) groups is 2. The first kappa shape index (κ1) is 16.4. The summed E-state index contributed by atoms with van der Waals surface area (Å²) in [7, 11) is 1.49. The van der Waals surface area contributed by atoms with Crippen LogP contribution in [0.2, 0.25) is 5.02 Å². The van der Waals surface area contributed by atoms with Gasteiger partial charge in [0, 0.05) is 16.7 Å². The van der Waals surface area contributed by atoms with Crippen LogP contribution in [-0.2, 0) is 4.79 Å². The smallest absolute Gasteiger partial charge is 0.308 e. The van der Waals surface area contributed by atoms with E-state index in [0.29, 0.717) is 35.7 Å². The first-order valence-corrected chi connectivity index (χ1v) is 7.94. The van der Waals surface area contributed by atoms with Crippen LogP contribution in [0.25, 0.3) is 0 Å². The van der Waals surface area contributed by atoms with Gasteiger partial charge in [-0.25, -0.2) is 0 Å². The lowest BCUT2D eigenvalue weighted by Gasteiger charge is -2.31. The van der Waals surface area contributed by atoms with Gasteiger partial charge in [-0.05, 0) is 47.6 Å². The van der Waals surface area contributed by atoms with Crippen molar-refractivity contribution in [3.8, 4) is 5.75 Å². The van der Waals surface area contributed by atoms with Gasteiger partial charge in [0.05, 0.1) is 23.6 Å². The molecule has 1 heterocycles. The Morgan fingerprint density at radius 1 is 1.48 bits per heavy atom. The van der Waals surface area contributed by atoms with E-state index >= 15 is 0 Å². The van der Waals surface area contributed by atoms with Crippen molar-refractivity contribution >= 4 is 46.1 Å². The summed E-state index contributed by atoms with van der Waals surface area (Å²) in [6, 6.07) is 3.28. The van der Waals surface area contributed by atoms with Crippen molar-refractivity contribution in [2.24, 2.45) is 5.92 Å². The summed E-state index contributed by atoms with van der Waals surface area (Å²) in [4.78, 5) is 25.3. The molecule has 0 spiro atoms. The number of amides is 1. The molecule has 1 aromatic rings. The number of likely N-dealkylation sites (tertiary alicyclic amines) is 1. The first-order valence-electron chi connectivity index (χ1n) is 6.49. The Kier molecular flexibility index (Phi) is 5.32. The normalized spacial score (nSPS) is 18.4. The van der Waals surface area contributed by atoms with Crippen LogP contribution >= 0.6 is 34.2 Å². The molecule has 1 aliphatic heterocycles. The standard InChI is InChI=1S/C14H15ClINO4/c1-21-12-6-11(16)10(15)5-9(12)13(18)17-4-2-3-8(7-17)14(19)20/h5-6,8H,2-4,7H2,1H3,(H,19,20). The molecular formula is C14H15ClINO4. The lowest BCUT2D eigenvalue weighted by Crippen LogP contribution is -2.42. The van der Waals surface area contributed by atoms with E-state index in [0.717, 1.165) is 3.57 Å². The average Bonchev–Trinajstić information content (AvgIpc) is 2.48. The van der Waals surface area contributed by atoms with Crippen molar-refractivity contribution < 1.29 is 19.4 Å². The van der Waals surface area contributed by atoms with E-state index in [4.69, 9.17) is 21.4 Å². The minimum Gasteiger partial charge on any atom is -0.496 e. The van der Waals surface area contributed by atoms with Gasteiger partial charge in [-0.15, -0.1) is 0 Å². The molecule has 5 nitrogen and oxygen atoms in total. The molecule has 0 aromatic heterocycles. The summed E-state index contributed by atoms with van der Waals surface area (Å²) in [6.45, 7) is 0.774. The summed E-state index contributed by atoms with van der Waals surface area (Å²) in [5.41, 5.74) is 0.369. The molecule has 1 fully saturated rings. The third-order valence-electron chi connectivity index (χ3n) is 3.53. The van der Waals surface area contributed by atoms with E-state index in [1.165, 1.54) is 7.11 Å². The monoisotopic (exact) mass is 423 g/mol. The Bertz CT molecular complexity index is 578. The van der Waals surface area contributed by atoms with Crippen molar-refractivity contribution in [1.29, 1.82) is 0 Å². The second-order valence-electron chi connectivity index (χ2n) is 4.90. The molecule has 1 N–H and O–H groups in total. The lowest BCUT2D eigenvalue weighted by molar-refractivity contribution is -0.143. The highest BCUT2D eigenvalue weighted by Gasteiger charge is 2.30. The lowest BCUT2D eigenvalue weighted by atomic mass is 9.97. The van der Waals surface area contributed by atoms with E-state index in [1.54, 1.807) is 17.0 Å². The van der Waals surface area contributed by atoms with Crippen LogP contribution in [0.3, 0.4) is 0 Å². The van der Waals surface area contributed by atoms with E-state index in [9.17, 15) is 9.59 Å². The summed E-state index contributed by atoms with van der Waals surface area (Å²) in [5, 5.41) is 9.58. The highest BCUT2D eigenvalue weighted by molar-refractivity contribution is 14.1. The van der Waals surface area contributed by atoms with Crippen LogP contribution in [0, 0.1) is 9.49 Å². The van der Waals surface area contributed by atoms with E-state index < -0.39 is 11.9 Å². The Hall–Kier alpha value is -1.02. The number of rotatable bonds is 3. The number of carboxylic acid groups (broad SMARTS) is 1. The van der Waals surface area contributed by atoms with E-state index in [2.05, 4.69) is 22.6 Å². The van der Waals surface area contributed by atoms with E-state index in [1.807, 2.05) is 0 Å². The van der Waals surface area contributed by atoms with Gasteiger partial charge < -0.3 is 14.7 Å². The van der Waals surface area contributed by atoms with Crippen molar-refractivity contribution in [3.05, 3.63) is 26.3 Å².